The zero-order chi connectivity index (χ0) is 31.3. The van der Waals surface area contributed by atoms with Gasteiger partial charge in [-0.25, -0.2) is 4.79 Å². The SMILES string of the molecule is CCOC(=O)Cn1ncc(-c2ccc3c(c2)n(C)c(=O)n3-c2ccc(OCc3ccccc3)nc2OCc2ccccc2)c1C. The van der Waals surface area contributed by atoms with E-state index in [9.17, 15) is 9.59 Å². The summed E-state index contributed by atoms with van der Waals surface area (Å²) in [6.45, 7) is 4.62. The molecule has 0 radical (unpaired) electrons. The average Bonchev–Trinajstić information content (AvgIpc) is 3.54. The van der Waals surface area contributed by atoms with Crippen LogP contribution in [0.5, 0.6) is 11.8 Å². The first-order valence-corrected chi connectivity index (χ1v) is 14.7. The Hall–Kier alpha value is -5.64. The highest BCUT2D eigenvalue weighted by molar-refractivity contribution is 5.85. The van der Waals surface area contributed by atoms with Crippen molar-refractivity contribution in [3.05, 3.63) is 124 Å². The molecule has 6 aromatic rings. The van der Waals surface area contributed by atoms with E-state index in [1.54, 1.807) is 46.1 Å². The fourth-order valence-corrected chi connectivity index (χ4v) is 5.19. The van der Waals surface area contributed by atoms with Gasteiger partial charge in [-0.05, 0) is 48.7 Å². The third-order valence-electron chi connectivity index (χ3n) is 7.56. The number of aryl methyl sites for hydroxylation is 1. The standard InChI is InChI=1S/C35H33N5O5/c1-4-43-33(41)21-39-24(2)28(20-36-39)27-15-16-29-31(19-27)38(3)35(42)40(29)30-17-18-32(44-22-25-11-7-5-8-12-25)37-34(30)45-23-26-13-9-6-10-14-26/h5-20H,4,21-23H2,1-3H3. The summed E-state index contributed by atoms with van der Waals surface area (Å²) in [5.74, 6) is 0.316. The van der Waals surface area contributed by atoms with Crippen LogP contribution in [0, 0.1) is 6.92 Å². The molecule has 45 heavy (non-hydrogen) atoms. The molecule has 0 saturated heterocycles. The van der Waals surface area contributed by atoms with Crippen LogP contribution >= 0.6 is 0 Å². The smallest absolute Gasteiger partial charge is 0.333 e. The predicted molar refractivity (Wildman–Crippen MR) is 170 cm³/mol. The van der Waals surface area contributed by atoms with Crippen molar-refractivity contribution in [2.24, 2.45) is 7.05 Å². The molecule has 10 nitrogen and oxygen atoms in total. The zero-order valence-corrected chi connectivity index (χ0v) is 25.3. The molecule has 0 N–H and O–H groups in total. The van der Waals surface area contributed by atoms with Gasteiger partial charge in [-0.1, -0.05) is 66.7 Å². The number of hydrogen-bond acceptors (Lipinski definition) is 7. The van der Waals surface area contributed by atoms with E-state index in [0.29, 0.717) is 35.8 Å². The Balaban J connectivity index is 1.37. The van der Waals surface area contributed by atoms with Gasteiger partial charge in [0.25, 0.3) is 0 Å². The number of ether oxygens (including phenoxy) is 3. The summed E-state index contributed by atoms with van der Waals surface area (Å²) >= 11 is 0. The molecule has 0 saturated carbocycles. The number of esters is 1. The van der Waals surface area contributed by atoms with E-state index in [4.69, 9.17) is 19.2 Å². The van der Waals surface area contributed by atoms with Crippen molar-refractivity contribution in [2.45, 2.75) is 33.6 Å². The van der Waals surface area contributed by atoms with Gasteiger partial charge in [0.15, 0.2) is 0 Å². The molecular weight excluding hydrogens is 570 g/mol. The largest absolute Gasteiger partial charge is 0.473 e. The average molecular weight is 604 g/mol. The molecule has 0 unspecified atom stereocenters. The van der Waals surface area contributed by atoms with Gasteiger partial charge in [-0.2, -0.15) is 10.1 Å². The predicted octanol–water partition coefficient (Wildman–Crippen LogP) is 5.62. The molecule has 0 bridgehead atoms. The molecule has 0 atom stereocenters. The number of carbonyl (C=O) groups is 1. The minimum atomic E-state index is -0.347. The molecule has 6 rings (SSSR count). The van der Waals surface area contributed by atoms with E-state index < -0.39 is 0 Å². The van der Waals surface area contributed by atoms with Gasteiger partial charge in [-0.3, -0.25) is 18.6 Å². The van der Waals surface area contributed by atoms with E-state index in [1.807, 2.05) is 85.8 Å². The number of benzene rings is 3. The Morgan fingerprint density at radius 2 is 1.53 bits per heavy atom. The number of fused-ring (bicyclic) bond motifs is 1. The lowest BCUT2D eigenvalue weighted by Crippen LogP contribution is -2.21. The van der Waals surface area contributed by atoms with Gasteiger partial charge in [0.2, 0.25) is 11.8 Å². The van der Waals surface area contributed by atoms with Crippen LogP contribution in [0.3, 0.4) is 0 Å². The quantitative estimate of drug-likeness (QED) is 0.177. The molecule has 3 heterocycles. The van der Waals surface area contributed by atoms with Crippen LogP contribution in [0.15, 0.2) is 102 Å². The van der Waals surface area contributed by atoms with Crippen LogP contribution in [-0.2, 0) is 36.3 Å². The zero-order valence-electron chi connectivity index (χ0n) is 25.3. The first-order valence-electron chi connectivity index (χ1n) is 14.7. The highest BCUT2D eigenvalue weighted by Crippen LogP contribution is 2.31. The van der Waals surface area contributed by atoms with Crippen LogP contribution < -0.4 is 15.2 Å². The van der Waals surface area contributed by atoms with E-state index in [-0.39, 0.29) is 30.7 Å². The maximum atomic E-state index is 13.8. The Kier molecular flexibility index (Phi) is 8.45. The van der Waals surface area contributed by atoms with Gasteiger partial charge in [0, 0.05) is 24.4 Å². The summed E-state index contributed by atoms with van der Waals surface area (Å²) in [6.07, 6.45) is 1.72. The van der Waals surface area contributed by atoms with Crippen molar-refractivity contribution < 1.29 is 19.0 Å². The first kappa shape index (κ1) is 29.4. The van der Waals surface area contributed by atoms with Crippen molar-refractivity contribution in [2.75, 3.05) is 6.61 Å². The molecule has 228 valence electrons. The number of nitrogens with zero attached hydrogens (tertiary/aromatic N) is 5. The van der Waals surface area contributed by atoms with Crippen molar-refractivity contribution >= 4 is 17.0 Å². The highest BCUT2D eigenvalue weighted by atomic mass is 16.5. The third kappa shape index (κ3) is 6.21. The molecular formula is C35H33N5O5. The van der Waals surface area contributed by atoms with Gasteiger partial charge >= 0.3 is 11.7 Å². The number of pyridine rings is 1. The number of hydrogen-bond donors (Lipinski definition) is 0. The Labute approximate surface area is 260 Å². The molecule has 0 aliphatic carbocycles. The lowest BCUT2D eigenvalue weighted by Gasteiger charge is -2.14. The van der Waals surface area contributed by atoms with Crippen LogP contribution in [0.2, 0.25) is 0 Å². The topological polar surface area (TPSA) is 102 Å². The molecule has 3 aromatic heterocycles. The van der Waals surface area contributed by atoms with Crippen LogP contribution in [0.1, 0.15) is 23.7 Å². The molecule has 0 aliphatic rings. The Morgan fingerprint density at radius 3 is 2.22 bits per heavy atom. The molecule has 0 aliphatic heterocycles. The van der Waals surface area contributed by atoms with Crippen molar-refractivity contribution in [3.8, 4) is 28.6 Å². The van der Waals surface area contributed by atoms with Crippen molar-refractivity contribution in [3.63, 3.8) is 0 Å². The number of aromatic nitrogens is 5. The van der Waals surface area contributed by atoms with Gasteiger partial charge in [-0.15, -0.1) is 0 Å². The van der Waals surface area contributed by atoms with Crippen molar-refractivity contribution in [1.82, 2.24) is 23.9 Å². The van der Waals surface area contributed by atoms with Gasteiger partial charge in [0.05, 0.1) is 23.8 Å². The Morgan fingerprint density at radius 1 is 0.844 bits per heavy atom. The van der Waals surface area contributed by atoms with E-state index in [0.717, 1.165) is 27.9 Å². The highest BCUT2D eigenvalue weighted by Gasteiger charge is 2.20. The molecule has 0 spiro atoms. The summed E-state index contributed by atoms with van der Waals surface area (Å²) < 4.78 is 22.1. The minimum Gasteiger partial charge on any atom is -0.473 e. The summed E-state index contributed by atoms with van der Waals surface area (Å²) in [5.41, 5.74) is 6.17. The summed E-state index contributed by atoms with van der Waals surface area (Å²) in [6, 6.07) is 28.9. The number of carbonyl (C=O) groups excluding carboxylic acids is 1. The molecule has 0 amide bonds. The van der Waals surface area contributed by atoms with Crippen LogP contribution in [0.25, 0.3) is 27.8 Å². The molecule has 10 heteroatoms. The third-order valence-corrected chi connectivity index (χ3v) is 7.56. The maximum absolute atomic E-state index is 13.8. The minimum absolute atomic E-state index is 0.0284. The van der Waals surface area contributed by atoms with Gasteiger partial charge in [0.1, 0.15) is 25.4 Å². The van der Waals surface area contributed by atoms with E-state index >= 15 is 0 Å². The molecule has 0 fully saturated rings. The number of imidazole rings is 1. The van der Waals surface area contributed by atoms with E-state index in [1.165, 1.54) is 0 Å². The second-order valence-electron chi connectivity index (χ2n) is 10.5. The summed E-state index contributed by atoms with van der Waals surface area (Å²) in [5, 5.41) is 4.39. The maximum Gasteiger partial charge on any atom is 0.333 e. The van der Waals surface area contributed by atoms with Crippen LogP contribution in [0.4, 0.5) is 0 Å². The summed E-state index contributed by atoms with van der Waals surface area (Å²) in [4.78, 5) is 30.5. The Bertz CT molecular complexity index is 2010. The first-order chi connectivity index (χ1) is 21.9. The normalized spacial score (nSPS) is 11.1. The second kappa shape index (κ2) is 12.9. The van der Waals surface area contributed by atoms with E-state index in [2.05, 4.69) is 5.10 Å². The fourth-order valence-electron chi connectivity index (χ4n) is 5.19. The second-order valence-corrected chi connectivity index (χ2v) is 10.5. The summed E-state index contributed by atoms with van der Waals surface area (Å²) in [7, 11) is 1.73. The lowest BCUT2D eigenvalue weighted by atomic mass is 10.1. The monoisotopic (exact) mass is 603 g/mol. The van der Waals surface area contributed by atoms with Gasteiger partial charge < -0.3 is 14.2 Å². The lowest BCUT2D eigenvalue weighted by molar-refractivity contribution is -0.144. The van der Waals surface area contributed by atoms with Crippen LogP contribution in [-0.4, -0.2) is 36.5 Å². The molecule has 3 aromatic carbocycles. The number of rotatable bonds is 11. The fraction of sp³-hybridized carbons (Fsp3) is 0.200. The van der Waals surface area contributed by atoms with Crippen molar-refractivity contribution in [1.29, 1.82) is 0 Å².